The quantitative estimate of drug-likeness (QED) is 0.823. The molecule has 1 rings (SSSR count). The Balaban J connectivity index is 2.70. The van der Waals surface area contributed by atoms with Crippen LogP contribution in [0.1, 0.15) is 44.6 Å². The fourth-order valence-corrected chi connectivity index (χ4v) is 2.34. The van der Waals surface area contributed by atoms with Gasteiger partial charge in [-0.15, -0.1) is 0 Å². The van der Waals surface area contributed by atoms with Crippen molar-refractivity contribution in [3.05, 3.63) is 34.3 Å². The first-order valence-corrected chi connectivity index (χ1v) is 6.86. The summed E-state index contributed by atoms with van der Waals surface area (Å²) >= 11 is 3.43. The minimum Gasteiger partial charge on any atom is -0.396 e. The van der Waals surface area contributed by atoms with Crippen LogP contribution in [0.2, 0.25) is 0 Å². The predicted molar refractivity (Wildman–Crippen MR) is 72.7 cm³/mol. The van der Waals surface area contributed by atoms with Crippen LogP contribution in [0.15, 0.2) is 28.7 Å². The zero-order chi connectivity index (χ0) is 12.0. The van der Waals surface area contributed by atoms with Gasteiger partial charge in [0.05, 0.1) is 0 Å². The lowest BCUT2D eigenvalue weighted by molar-refractivity contribution is 0.240. The topological polar surface area (TPSA) is 20.2 Å². The van der Waals surface area contributed by atoms with Crippen LogP contribution in [-0.4, -0.2) is 11.7 Å². The number of halogens is 1. The van der Waals surface area contributed by atoms with E-state index in [1.807, 2.05) is 12.1 Å². The SMILES string of the molecule is CCC(CC)CC(CO)c1ccc(Br)cc1. The van der Waals surface area contributed by atoms with Gasteiger partial charge in [0.15, 0.2) is 0 Å². The van der Waals surface area contributed by atoms with Crippen LogP contribution in [0.4, 0.5) is 0 Å². The molecule has 0 saturated carbocycles. The maximum atomic E-state index is 9.48. The van der Waals surface area contributed by atoms with E-state index in [2.05, 4.69) is 41.9 Å². The second-order valence-electron chi connectivity index (χ2n) is 4.35. The second kappa shape index (κ2) is 7.08. The van der Waals surface area contributed by atoms with Gasteiger partial charge in [-0.2, -0.15) is 0 Å². The fourth-order valence-electron chi connectivity index (χ4n) is 2.08. The molecule has 16 heavy (non-hydrogen) atoms. The van der Waals surface area contributed by atoms with E-state index < -0.39 is 0 Å². The zero-order valence-corrected chi connectivity index (χ0v) is 11.7. The number of hydrogen-bond donors (Lipinski definition) is 1. The highest BCUT2D eigenvalue weighted by Gasteiger charge is 2.15. The number of hydrogen-bond acceptors (Lipinski definition) is 1. The summed E-state index contributed by atoms with van der Waals surface area (Å²) in [6.45, 7) is 4.70. The minimum absolute atomic E-state index is 0.248. The third kappa shape index (κ3) is 3.91. The molecule has 1 atom stereocenters. The molecule has 0 aliphatic rings. The molecule has 1 nitrogen and oxygen atoms in total. The van der Waals surface area contributed by atoms with Crippen LogP contribution in [-0.2, 0) is 0 Å². The van der Waals surface area contributed by atoms with E-state index in [9.17, 15) is 5.11 Å². The van der Waals surface area contributed by atoms with E-state index in [0.717, 1.165) is 16.8 Å². The summed E-state index contributed by atoms with van der Waals surface area (Å²) in [6.07, 6.45) is 3.48. The van der Waals surface area contributed by atoms with Crippen molar-refractivity contribution in [2.24, 2.45) is 5.92 Å². The van der Waals surface area contributed by atoms with Crippen LogP contribution in [0.5, 0.6) is 0 Å². The molecule has 0 fully saturated rings. The van der Waals surface area contributed by atoms with Crippen LogP contribution in [0, 0.1) is 5.92 Å². The molecule has 1 aromatic rings. The van der Waals surface area contributed by atoms with Gasteiger partial charge in [-0.25, -0.2) is 0 Å². The van der Waals surface area contributed by atoms with Gasteiger partial charge in [0.2, 0.25) is 0 Å². The Morgan fingerprint density at radius 2 is 1.69 bits per heavy atom. The largest absolute Gasteiger partial charge is 0.396 e. The maximum absolute atomic E-state index is 9.48. The van der Waals surface area contributed by atoms with Gasteiger partial charge >= 0.3 is 0 Å². The summed E-state index contributed by atoms with van der Waals surface area (Å²) in [5.41, 5.74) is 1.25. The van der Waals surface area contributed by atoms with Gasteiger partial charge in [-0.3, -0.25) is 0 Å². The molecule has 2 heteroatoms. The first-order chi connectivity index (χ1) is 7.71. The molecule has 0 heterocycles. The van der Waals surface area contributed by atoms with Crippen LogP contribution < -0.4 is 0 Å². The van der Waals surface area contributed by atoms with E-state index in [-0.39, 0.29) is 12.5 Å². The minimum atomic E-state index is 0.248. The monoisotopic (exact) mass is 284 g/mol. The highest BCUT2D eigenvalue weighted by atomic mass is 79.9. The molecule has 0 spiro atoms. The Morgan fingerprint density at radius 1 is 1.12 bits per heavy atom. The number of aliphatic hydroxyl groups is 1. The van der Waals surface area contributed by atoms with Crippen LogP contribution in [0.3, 0.4) is 0 Å². The van der Waals surface area contributed by atoms with Crippen molar-refractivity contribution in [1.82, 2.24) is 0 Å². The molecule has 0 radical (unpaired) electrons. The molecule has 0 amide bonds. The number of rotatable bonds is 6. The first kappa shape index (κ1) is 13.7. The van der Waals surface area contributed by atoms with E-state index in [4.69, 9.17) is 0 Å². The molecule has 1 aromatic carbocycles. The lowest BCUT2D eigenvalue weighted by atomic mass is 9.87. The van der Waals surface area contributed by atoms with Crippen molar-refractivity contribution in [2.45, 2.75) is 39.0 Å². The average molecular weight is 285 g/mol. The molecule has 0 aliphatic heterocycles. The van der Waals surface area contributed by atoms with Crippen molar-refractivity contribution in [3.63, 3.8) is 0 Å². The van der Waals surface area contributed by atoms with E-state index >= 15 is 0 Å². The third-order valence-electron chi connectivity index (χ3n) is 3.33. The Hall–Kier alpha value is -0.340. The molecule has 90 valence electrons. The van der Waals surface area contributed by atoms with Crippen molar-refractivity contribution < 1.29 is 5.11 Å². The second-order valence-corrected chi connectivity index (χ2v) is 5.26. The normalized spacial score (nSPS) is 13.1. The Bertz CT molecular complexity index is 290. The molecule has 0 bridgehead atoms. The molecule has 1 N–H and O–H groups in total. The van der Waals surface area contributed by atoms with Crippen LogP contribution >= 0.6 is 15.9 Å². The molecule has 1 unspecified atom stereocenters. The highest BCUT2D eigenvalue weighted by molar-refractivity contribution is 9.10. The summed E-state index contributed by atoms with van der Waals surface area (Å²) in [5, 5.41) is 9.48. The van der Waals surface area contributed by atoms with Gasteiger partial charge < -0.3 is 5.11 Å². The summed E-state index contributed by atoms with van der Waals surface area (Å²) in [5.74, 6) is 1.01. The Kier molecular flexibility index (Phi) is 6.07. The average Bonchev–Trinajstić information content (AvgIpc) is 2.32. The first-order valence-electron chi connectivity index (χ1n) is 6.07. The fraction of sp³-hybridized carbons (Fsp3) is 0.571. The maximum Gasteiger partial charge on any atom is 0.0499 e. The summed E-state index contributed by atoms with van der Waals surface area (Å²) < 4.78 is 1.09. The predicted octanol–water partition coefficient (Wildman–Crippen LogP) is 4.35. The lowest BCUT2D eigenvalue weighted by Crippen LogP contribution is -2.10. The highest BCUT2D eigenvalue weighted by Crippen LogP contribution is 2.27. The van der Waals surface area contributed by atoms with Crippen molar-refractivity contribution in [1.29, 1.82) is 0 Å². The number of aliphatic hydroxyl groups excluding tert-OH is 1. The van der Waals surface area contributed by atoms with Gasteiger partial charge in [0.25, 0.3) is 0 Å². The smallest absolute Gasteiger partial charge is 0.0499 e. The summed E-state index contributed by atoms with van der Waals surface area (Å²) in [4.78, 5) is 0. The van der Waals surface area contributed by atoms with Gasteiger partial charge in [-0.1, -0.05) is 54.8 Å². The zero-order valence-electron chi connectivity index (χ0n) is 10.1. The number of benzene rings is 1. The van der Waals surface area contributed by atoms with Gasteiger partial charge in [0.1, 0.15) is 0 Å². The van der Waals surface area contributed by atoms with Crippen molar-refractivity contribution in [3.8, 4) is 0 Å². The lowest BCUT2D eigenvalue weighted by Gasteiger charge is -2.20. The van der Waals surface area contributed by atoms with E-state index in [0.29, 0.717) is 0 Å². The Labute approximate surface area is 107 Å². The molecule has 0 aromatic heterocycles. The van der Waals surface area contributed by atoms with Crippen LogP contribution in [0.25, 0.3) is 0 Å². The molecule has 0 aliphatic carbocycles. The van der Waals surface area contributed by atoms with Gasteiger partial charge in [-0.05, 0) is 30.0 Å². The standard InChI is InChI=1S/C14H21BrO/c1-3-11(4-2)9-13(10-16)12-5-7-14(15)8-6-12/h5-8,11,13,16H,3-4,9-10H2,1-2H3. The van der Waals surface area contributed by atoms with Crippen molar-refractivity contribution in [2.75, 3.05) is 6.61 Å². The van der Waals surface area contributed by atoms with E-state index in [1.54, 1.807) is 0 Å². The molecular formula is C14H21BrO. The Morgan fingerprint density at radius 3 is 2.12 bits per heavy atom. The molecular weight excluding hydrogens is 264 g/mol. The summed E-state index contributed by atoms with van der Waals surface area (Å²) in [7, 11) is 0. The summed E-state index contributed by atoms with van der Waals surface area (Å²) in [6, 6.07) is 8.30. The van der Waals surface area contributed by atoms with Gasteiger partial charge in [0, 0.05) is 17.0 Å². The van der Waals surface area contributed by atoms with E-state index in [1.165, 1.54) is 18.4 Å². The molecule has 0 saturated heterocycles. The van der Waals surface area contributed by atoms with Crippen molar-refractivity contribution >= 4 is 15.9 Å². The third-order valence-corrected chi connectivity index (χ3v) is 3.86.